The van der Waals surface area contributed by atoms with Gasteiger partial charge in [-0.05, 0) is 24.6 Å². The quantitative estimate of drug-likeness (QED) is 0.868. The standard InChI is InChI=1S/C15H17N3S/c1-11-8-9-13(14(16)19)15(17-11)18(2)10-12-6-4-3-5-7-12/h3-9H,10H2,1-2H3,(H2,16,19). The number of aryl methyl sites for hydroxylation is 1. The Balaban J connectivity index is 2.30. The van der Waals surface area contributed by atoms with Crippen LogP contribution in [0.25, 0.3) is 0 Å². The van der Waals surface area contributed by atoms with E-state index in [0.29, 0.717) is 4.99 Å². The highest BCUT2D eigenvalue weighted by Crippen LogP contribution is 2.19. The fourth-order valence-electron chi connectivity index (χ4n) is 1.96. The molecule has 0 spiro atoms. The van der Waals surface area contributed by atoms with E-state index in [1.807, 2.05) is 44.3 Å². The largest absolute Gasteiger partial charge is 0.389 e. The molecule has 0 amide bonds. The number of aromatic nitrogens is 1. The molecule has 1 heterocycles. The van der Waals surface area contributed by atoms with Gasteiger partial charge in [0.25, 0.3) is 0 Å². The first-order valence-electron chi connectivity index (χ1n) is 6.10. The van der Waals surface area contributed by atoms with Gasteiger partial charge in [-0.15, -0.1) is 0 Å². The van der Waals surface area contributed by atoms with Crippen LogP contribution in [0.4, 0.5) is 5.82 Å². The summed E-state index contributed by atoms with van der Waals surface area (Å²) < 4.78 is 0. The number of anilines is 1. The first kappa shape index (κ1) is 13.5. The zero-order valence-corrected chi connectivity index (χ0v) is 11.9. The van der Waals surface area contributed by atoms with Gasteiger partial charge in [0.15, 0.2) is 0 Å². The minimum atomic E-state index is 0.377. The van der Waals surface area contributed by atoms with Gasteiger partial charge in [0, 0.05) is 19.3 Å². The molecule has 1 aromatic carbocycles. The van der Waals surface area contributed by atoms with E-state index in [1.54, 1.807) is 0 Å². The first-order valence-corrected chi connectivity index (χ1v) is 6.51. The summed E-state index contributed by atoms with van der Waals surface area (Å²) in [5.41, 5.74) is 8.76. The van der Waals surface area contributed by atoms with Crippen LogP contribution in [0.5, 0.6) is 0 Å². The lowest BCUT2D eigenvalue weighted by Crippen LogP contribution is -2.23. The Hall–Kier alpha value is -1.94. The molecular weight excluding hydrogens is 254 g/mol. The number of hydrogen-bond acceptors (Lipinski definition) is 3. The predicted molar refractivity (Wildman–Crippen MR) is 83.4 cm³/mol. The summed E-state index contributed by atoms with van der Waals surface area (Å²) >= 11 is 5.09. The van der Waals surface area contributed by atoms with Crippen LogP contribution < -0.4 is 10.6 Å². The van der Waals surface area contributed by atoms with E-state index in [9.17, 15) is 0 Å². The molecule has 0 fully saturated rings. The lowest BCUT2D eigenvalue weighted by atomic mass is 10.2. The molecule has 1 aromatic heterocycles. The van der Waals surface area contributed by atoms with E-state index in [1.165, 1.54) is 5.56 Å². The SMILES string of the molecule is Cc1ccc(C(N)=S)c(N(C)Cc2ccccc2)n1. The smallest absolute Gasteiger partial charge is 0.139 e. The van der Waals surface area contributed by atoms with Gasteiger partial charge < -0.3 is 10.6 Å². The predicted octanol–water partition coefficient (Wildman–Crippen LogP) is 2.66. The summed E-state index contributed by atoms with van der Waals surface area (Å²) in [4.78, 5) is 6.99. The van der Waals surface area contributed by atoms with Crippen LogP contribution in [0.3, 0.4) is 0 Å². The Labute approximate surface area is 119 Å². The van der Waals surface area contributed by atoms with Gasteiger partial charge in [-0.2, -0.15) is 0 Å². The van der Waals surface area contributed by atoms with E-state index in [0.717, 1.165) is 23.6 Å². The molecule has 4 heteroatoms. The average Bonchev–Trinajstić information content (AvgIpc) is 2.39. The summed E-state index contributed by atoms with van der Waals surface area (Å²) in [6, 6.07) is 14.1. The van der Waals surface area contributed by atoms with Crippen LogP contribution in [-0.2, 0) is 6.54 Å². The van der Waals surface area contributed by atoms with Gasteiger partial charge >= 0.3 is 0 Å². The summed E-state index contributed by atoms with van der Waals surface area (Å²) in [7, 11) is 2.00. The van der Waals surface area contributed by atoms with Crippen molar-refractivity contribution in [2.75, 3.05) is 11.9 Å². The Kier molecular flexibility index (Phi) is 4.12. The van der Waals surface area contributed by atoms with E-state index < -0.39 is 0 Å². The van der Waals surface area contributed by atoms with Gasteiger partial charge in [-0.3, -0.25) is 0 Å². The van der Waals surface area contributed by atoms with Crippen molar-refractivity contribution in [2.24, 2.45) is 5.73 Å². The average molecular weight is 271 g/mol. The van der Waals surface area contributed by atoms with Crippen LogP contribution in [0, 0.1) is 6.92 Å². The van der Waals surface area contributed by atoms with E-state index >= 15 is 0 Å². The third kappa shape index (κ3) is 3.29. The Morgan fingerprint density at radius 1 is 1.21 bits per heavy atom. The molecule has 98 valence electrons. The van der Waals surface area contributed by atoms with Crippen molar-refractivity contribution in [1.29, 1.82) is 0 Å². The maximum Gasteiger partial charge on any atom is 0.139 e. The van der Waals surface area contributed by atoms with Crippen LogP contribution in [-0.4, -0.2) is 17.0 Å². The molecule has 2 aromatic rings. The second kappa shape index (κ2) is 5.80. The molecule has 19 heavy (non-hydrogen) atoms. The monoisotopic (exact) mass is 271 g/mol. The number of pyridine rings is 1. The molecule has 0 saturated heterocycles. The van der Waals surface area contributed by atoms with Crippen molar-refractivity contribution in [3.05, 3.63) is 59.3 Å². The lowest BCUT2D eigenvalue weighted by Gasteiger charge is -2.21. The topological polar surface area (TPSA) is 42.1 Å². The number of benzene rings is 1. The minimum Gasteiger partial charge on any atom is -0.389 e. The second-order valence-corrected chi connectivity index (χ2v) is 4.97. The van der Waals surface area contributed by atoms with Crippen molar-refractivity contribution in [3.8, 4) is 0 Å². The maximum absolute atomic E-state index is 5.76. The van der Waals surface area contributed by atoms with Crippen LogP contribution in [0.1, 0.15) is 16.8 Å². The molecule has 0 radical (unpaired) electrons. The van der Waals surface area contributed by atoms with Crippen molar-refractivity contribution < 1.29 is 0 Å². The molecule has 0 unspecified atom stereocenters. The number of thiocarbonyl (C=S) groups is 1. The first-order chi connectivity index (χ1) is 9.08. The van der Waals surface area contributed by atoms with E-state index in [4.69, 9.17) is 18.0 Å². The fraction of sp³-hybridized carbons (Fsp3) is 0.200. The van der Waals surface area contributed by atoms with Gasteiger partial charge in [0.1, 0.15) is 10.8 Å². The maximum atomic E-state index is 5.76. The molecule has 0 atom stereocenters. The van der Waals surface area contributed by atoms with Crippen molar-refractivity contribution in [3.63, 3.8) is 0 Å². The summed E-state index contributed by atoms with van der Waals surface area (Å²) in [6.45, 7) is 2.73. The van der Waals surface area contributed by atoms with Crippen molar-refractivity contribution in [1.82, 2.24) is 4.98 Å². The third-order valence-electron chi connectivity index (χ3n) is 2.90. The zero-order chi connectivity index (χ0) is 13.8. The Morgan fingerprint density at radius 3 is 2.53 bits per heavy atom. The van der Waals surface area contributed by atoms with Gasteiger partial charge in [-0.1, -0.05) is 42.5 Å². The van der Waals surface area contributed by atoms with Crippen molar-refractivity contribution in [2.45, 2.75) is 13.5 Å². The fourth-order valence-corrected chi connectivity index (χ4v) is 2.12. The number of hydrogen-bond donors (Lipinski definition) is 1. The molecule has 0 aliphatic rings. The van der Waals surface area contributed by atoms with E-state index in [-0.39, 0.29) is 0 Å². The molecule has 2 N–H and O–H groups in total. The van der Waals surface area contributed by atoms with Crippen molar-refractivity contribution >= 4 is 23.0 Å². The molecule has 0 aliphatic carbocycles. The molecular formula is C15H17N3S. The van der Waals surface area contributed by atoms with Gasteiger partial charge in [-0.25, -0.2) is 4.98 Å². The molecule has 0 bridgehead atoms. The van der Waals surface area contributed by atoms with Gasteiger partial charge in [0.05, 0.1) is 5.56 Å². The summed E-state index contributed by atoms with van der Waals surface area (Å²) in [5.74, 6) is 0.830. The lowest BCUT2D eigenvalue weighted by molar-refractivity contribution is 0.890. The molecule has 3 nitrogen and oxygen atoms in total. The highest BCUT2D eigenvalue weighted by molar-refractivity contribution is 7.80. The van der Waals surface area contributed by atoms with Crippen LogP contribution in [0.15, 0.2) is 42.5 Å². The number of rotatable bonds is 4. The highest BCUT2D eigenvalue weighted by atomic mass is 32.1. The molecule has 2 rings (SSSR count). The minimum absolute atomic E-state index is 0.377. The van der Waals surface area contributed by atoms with E-state index in [2.05, 4.69) is 22.0 Å². The number of nitrogens with zero attached hydrogens (tertiary/aromatic N) is 2. The summed E-state index contributed by atoms with van der Waals surface area (Å²) in [6.07, 6.45) is 0. The Morgan fingerprint density at radius 2 is 1.89 bits per heavy atom. The Bertz CT molecular complexity index is 581. The van der Waals surface area contributed by atoms with Crippen LogP contribution >= 0.6 is 12.2 Å². The third-order valence-corrected chi connectivity index (χ3v) is 3.12. The normalized spacial score (nSPS) is 10.2. The zero-order valence-electron chi connectivity index (χ0n) is 11.1. The molecule has 0 aliphatic heterocycles. The van der Waals surface area contributed by atoms with Crippen LogP contribution in [0.2, 0.25) is 0 Å². The second-order valence-electron chi connectivity index (χ2n) is 4.53. The van der Waals surface area contributed by atoms with Gasteiger partial charge in [0.2, 0.25) is 0 Å². The highest BCUT2D eigenvalue weighted by Gasteiger charge is 2.12. The molecule has 0 saturated carbocycles. The summed E-state index contributed by atoms with van der Waals surface area (Å²) in [5, 5.41) is 0. The number of nitrogens with two attached hydrogens (primary N) is 1.